The molecule has 0 radical (unpaired) electrons. The summed E-state index contributed by atoms with van der Waals surface area (Å²) in [5, 5.41) is 0.463. The van der Waals surface area contributed by atoms with E-state index in [4.69, 9.17) is 11.6 Å². The molecule has 1 saturated heterocycles. The third-order valence-corrected chi connectivity index (χ3v) is 6.90. The number of hydrazine groups is 1. The molecule has 28 heavy (non-hydrogen) atoms. The molecular formula is C21H18ClFN2O2S. The van der Waals surface area contributed by atoms with E-state index in [1.54, 1.807) is 24.3 Å². The van der Waals surface area contributed by atoms with Gasteiger partial charge in [-0.25, -0.2) is 18.2 Å². The van der Waals surface area contributed by atoms with E-state index in [0.29, 0.717) is 11.6 Å². The van der Waals surface area contributed by atoms with E-state index < -0.39 is 16.1 Å². The molecule has 0 amide bonds. The van der Waals surface area contributed by atoms with Crippen molar-refractivity contribution in [2.75, 3.05) is 6.54 Å². The van der Waals surface area contributed by atoms with Crippen LogP contribution in [0, 0.1) is 5.82 Å². The van der Waals surface area contributed by atoms with E-state index in [9.17, 15) is 12.8 Å². The topological polar surface area (TPSA) is 49.4 Å². The minimum Gasteiger partial charge on any atom is -0.240 e. The van der Waals surface area contributed by atoms with E-state index >= 15 is 0 Å². The highest BCUT2D eigenvalue weighted by Crippen LogP contribution is 2.41. The van der Waals surface area contributed by atoms with Crippen LogP contribution in [0.4, 0.5) is 4.39 Å². The number of nitrogens with zero attached hydrogens (tertiary/aromatic N) is 1. The summed E-state index contributed by atoms with van der Waals surface area (Å²) in [5.41, 5.74) is 4.77. The summed E-state index contributed by atoms with van der Waals surface area (Å²) >= 11 is 5.90. The first kappa shape index (κ1) is 19.1. The number of halogens is 2. The first-order valence-corrected chi connectivity index (χ1v) is 10.6. The Labute approximate surface area is 168 Å². The van der Waals surface area contributed by atoms with Crippen LogP contribution in [0.5, 0.6) is 0 Å². The molecule has 144 valence electrons. The molecule has 0 aliphatic carbocycles. The van der Waals surface area contributed by atoms with Gasteiger partial charge in [-0.2, -0.15) is 0 Å². The zero-order chi connectivity index (χ0) is 19.7. The van der Waals surface area contributed by atoms with Gasteiger partial charge < -0.3 is 0 Å². The van der Waals surface area contributed by atoms with Crippen LogP contribution in [0.3, 0.4) is 0 Å². The van der Waals surface area contributed by atoms with Crippen molar-refractivity contribution in [1.82, 2.24) is 9.84 Å². The Morgan fingerprint density at radius 1 is 0.893 bits per heavy atom. The minimum absolute atomic E-state index is 0.117. The number of sulfonamides is 1. The van der Waals surface area contributed by atoms with Crippen molar-refractivity contribution in [3.63, 3.8) is 0 Å². The van der Waals surface area contributed by atoms with Crippen LogP contribution >= 0.6 is 11.6 Å². The second-order valence-corrected chi connectivity index (χ2v) is 8.88. The maximum Gasteiger partial charge on any atom is 0.256 e. The first-order valence-electron chi connectivity index (χ1n) is 8.81. The van der Waals surface area contributed by atoms with Gasteiger partial charge >= 0.3 is 0 Å². The fourth-order valence-corrected chi connectivity index (χ4v) is 5.19. The monoisotopic (exact) mass is 416 g/mol. The van der Waals surface area contributed by atoms with E-state index in [-0.39, 0.29) is 16.6 Å². The third kappa shape index (κ3) is 3.56. The first-order chi connectivity index (χ1) is 13.5. The predicted octanol–water partition coefficient (Wildman–Crippen LogP) is 4.51. The van der Waals surface area contributed by atoms with Crippen LogP contribution in [-0.4, -0.2) is 19.4 Å². The molecule has 4 nitrogen and oxygen atoms in total. The summed E-state index contributed by atoms with van der Waals surface area (Å²) in [7, 11) is -3.83. The number of benzene rings is 3. The van der Waals surface area contributed by atoms with Gasteiger partial charge in [-0.1, -0.05) is 54.1 Å². The molecular weight excluding hydrogens is 399 g/mol. The second kappa shape index (κ2) is 7.64. The Morgan fingerprint density at radius 3 is 2.18 bits per heavy atom. The van der Waals surface area contributed by atoms with E-state index in [0.717, 1.165) is 11.1 Å². The van der Waals surface area contributed by atoms with Gasteiger partial charge in [0, 0.05) is 17.5 Å². The van der Waals surface area contributed by atoms with Crippen molar-refractivity contribution in [2.24, 2.45) is 0 Å². The Balaban J connectivity index is 1.79. The fourth-order valence-electron chi connectivity index (χ4n) is 3.54. The normalized spacial score (nSPS) is 20.4. The minimum atomic E-state index is -3.83. The van der Waals surface area contributed by atoms with Gasteiger partial charge in [0.2, 0.25) is 0 Å². The summed E-state index contributed by atoms with van der Waals surface area (Å²) < 4.78 is 41.4. The molecule has 0 saturated carbocycles. The molecule has 7 heteroatoms. The lowest BCUT2D eigenvalue weighted by molar-refractivity contribution is 0.319. The highest BCUT2D eigenvalue weighted by atomic mass is 35.5. The molecule has 3 aromatic carbocycles. The maximum absolute atomic E-state index is 13.5. The second-order valence-electron chi connectivity index (χ2n) is 6.63. The SMILES string of the molecule is O=S(=O)(c1ccc(Cl)cc1)N1NCC(c2ccccc2)C1c1ccc(F)cc1. The summed E-state index contributed by atoms with van der Waals surface area (Å²) in [5.74, 6) is -0.480. The molecule has 3 aromatic rings. The molecule has 1 fully saturated rings. The maximum atomic E-state index is 13.5. The van der Waals surface area contributed by atoms with Gasteiger partial charge in [-0.3, -0.25) is 0 Å². The molecule has 0 aromatic heterocycles. The van der Waals surface area contributed by atoms with Gasteiger partial charge in [0.15, 0.2) is 0 Å². The molecule has 1 aliphatic rings. The van der Waals surface area contributed by atoms with Gasteiger partial charge in [-0.15, -0.1) is 4.41 Å². The summed E-state index contributed by atoms with van der Waals surface area (Å²) in [6, 6.07) is 21.2. The molecule has 1 aliphatic heterocycles. The largest absolute Gasteiger partial charge is 0.256 e. The quantitative estimate of drug-likeness (QED) is 0.680. The zero-order valence-electron chi connectivity index (χ0n) is 14.8. The lowest BCUT2D eigenvalue weighted by atomic mass is 9.89. The Morgan fingerprint density at radius 2 is 1.54 bits per heavy atom. The average molecular weight is 417 g/mol. The van der Waals surface area contributed by atoms with Gasteiger partial charge in [0.1, 0.15) is 5.82 Å². The zero-order valence-corrected chi connectivity index (χ0v) is 16.4. The van der Waals surface area contributed by atoms with E-state index in [1.165, 1.54) is 28.7 Å². The summed E-state index contributed by atoms with van der Waals surface area (Å²) in [6.07, 6.45) is 0. The van der Waals surface area contributed by atoms with Crippen molar-refractivity contribution in [1.29, 1.82) is 0 Å². The smallest absolute Gasteiger partial charge is 0.240 e. The van der Waals surface area contributed by atoms with E-state index in [2.05, 4.69) is 5.43 Å². The third-order valence-electron chi connectivity index (χ3n) is 4.91. The molecule has 2 unspecified atom stereocenters. The molecule has 1 heterocycles. The number of hydrogen-bond acceptors (Lipinski definition) is 3. The molecule has 0 spiro atoms. The van der Waals surface area contributed by atoms with Gasteiger partial charge in [-0.05, 0) is 47.5 Å². The lowest BCUT2D eigenvalue weighted by Gasteiger charge is -2.27. The lowest BCUT2D eigenvalue weighted by Crippen LogP contribution is -2.38. The summed E-state index contributed by atoms with van der Waals surface area (Å²) in [4.78, 5) is 0.144. The van der Waals surface area contributed by atoms with Crippen LogP contribution in [-0.2, 0) is 10.0 Å². The van der Waals surface area contributed by atoms with Crippen molar-refractivity contribution >= 4 is 21.6 Å². The number of rotatable bonds is 4. The van der Waals surface area contributed by atoms with Crippen LogP contribution in [0.1, 0.15) is 23.1 Å². The standard InChI is InChI=1S/C21H18ClFN2O2S/c22-17-8-12-19(13-9-17)28(26,27)25-21(16-6-10-18(23)11-7-16)20(14-24-25)15-4-2-1-3-5-15/h1-13,20-21,24H,14H2. The van der Waals surface area contributed by atoms with Crippen molar-refractivity contribution in [3.8, 4) is 0 Å². The number of nitrogens with one attached hydrogen (secondary N) is 1. The number of hydrogen-bond donors (Lipinski definition) is 1. The Hall–Kier alpha value is -2.25. The Kier molecular flexibility index (Phi) is 5.21. The highest BCUT2D eigenvalue weighted by molar-refractivity contribution is 7.89. The van der Waals surface area contributed by atoms with Crippen LogP contribution in [0.2, 0.25) is 5.02 Å². The van der Waals surface area contributed by atoms with Crippen molar-refractivity contribution in [3.05, 3.63) is 101 Å². The van der Waals surface area contributed by atoms with Gasteiger partial charge in [0.25, 0.3) is 10.0 Å². The Bertz CT molecular complexity index is 1060. The molecule has 1 N–H and O–H groups in total. The van der Waals surface area contributed by atoms with E-state index in [1.807, 2.05) is 30.3 Å². The van der Waals surface area contributed by atoms with Crippen LogP contribution in [0.25, 0.3) is 0 Å². The van der Waals surface area contributed by atoms with Crippen molar-refractivity contribution < 1.29 is 12.8 Å². The van der Waals surface area contributed by atoms with Crippen LogP contribution in [0.15, 0.2) is 83.8 Å². The van der Waals surface area contributed by atoms with Gasteiger partial charge in [0.05, 0.1) is 10.9 Å². The highest BCUT2D eigenvalue weighted by Gasteiger charge is 2.43. The fraction of sp³-hybridized carbons (Fsp3) is 0.143. The molecule has 4 rings (SSSR count). The molecule has 0 bridgehead atoms. The molecule has 2 atom stereocenters. The van der Waals surface area contributed by atoms with Crippen molar-refractivity contribution in [2.45, 2.75) is 16.9 Å². The summed E-state index contributed by atoms with van der Waals surface area (Å²) in [6.45, 7) is 0.443. The van der Waals surface area contributed by atoms with Crippen LogP contribution < -0.4 is 5.43 Å². The average Bonchev–Trinajstić information content (AvgIpc) is 3.15. The predicted molar refractivity (Wildman–Crippen MR) is 107 cm³/mol.